The summed E-state index contributed by atoms with van der Waals surface area (Å²) in [5.74, 6) is 1.68. The summed E-state index contributed by atoms with van der Waals surface area (Å²) in [7, 11) is 0. The zero-order valence-corrected chi connectivity index (χ0v) is 13.9. The molecule has 0 saturated heterocycles. The average molecular weight is 350 g/mol. The average Bonchev–Trinajstić information content (AvgIpc) is 2.96. The lowest BCUT2D eigenvalue weighted by atomic mass is 10.1. The minimum absolute atomic E-state index is 0.623. The van der Waals surface area contributed by atoms with E-state index in [1.165, 1.54) is 11.1 Å². The van der Waals surface area contributed by atoms with E-state index in [2.05, 4.69) is 57.5 Å². The Labute approximate surface area is 133 Å². The van der Waals surface area contributed by atoms with Gasteiger partial charge in [-0.25, -0.2) is 4.99 Å². The zero-order chi connectivity index (χ0) is 15.1. The van der Waals surface area contributed by atoms with Crippen molar-refractivity contribution in [2.45, 2.75) is 26.9 Å². The van der Waals surface area contributed by atoms with Crippen molar-refractivity contribution in [3.63, 3.8) is 0 Å². The van der Waals surface area contributed by atoms with Crippen molar-refractivity contribution in [2.24, 2.45) is 4.99 Å². The standard InChI is InChI=1S/C16H20BrN3O/c1-3-18-16(20-11-15-5-4-8-21-15)19-10-13-6-7-14(17)9-12(13)2/h4-9H,3,10-11H2,1-2H3,(H2,18,19,20). The van der Waals surface area contributed by atoms with Crippen LogP contribution >= 0.6 is 15.9 Å². The Kier molecular flexibility index (Phi) is 5.87. The van der Waals surface area contributed by atoms with E-state index < -0.39 is 0 Å². The monoisotopic (exact) mass is 349 g/mol. The molecule has 0 amide bonds. The van der Waals surface area contributed by atoms with E-state index in [0.29, 0.717) is 13.1 Å². The molecule has 0 spiro atoms. The first-order valence-corrected chi connectivity index (χ1v) is 7.78. The van der Waals surface area contributed by atoms with E-state index in [0.717, 1.165) is 22.7 Å². The lowest BCUT2D eigenvalue weighted by Crippen LogP contribution is -2.36. The molecule has 1 aromatic carbocycles. The molecule has 0 fully saturated rings. The summed E-state index contributed by atoms with van der Waals surface area (Å²) in [5.41, 5.74) is 2.45. The van der Waals surface area contributed by atoms with Crippen molar-refractivity contribution in [3.8, 4) is 0 Å². The summed E-state index contributed by atoms with van der Waals surface area (Å²) >= 11 is 3.48. The van der Waals surface area contributed by atoms with Gasteiger partial charge in [-0.15, -0.1) is 0 Å². The van der Waals surface area contributed by atoms with E-state index >= 15 is 0 Å². The Hall–Kier alpha value is -1.75. The van der Waals surface area contributed by atoms with Gasteiger partial charge >= 0.3 is 0 Å². The second kappa shape index (κ2) is 7.88. The highest BCUT2D eigenvalue weighted by atomic mass is 79.9. The lowest BCUT2D eigenvalue weighted by molar-refractivity contribution is 0.501. The van der Waals surface area contributed by atoms with Gasteiger partial charge in [-0.2, -0.15) is 0 Å². The molecule has 0 unspecified atom stereocenters. The highest BCUT2D eigenvalue weighted by molar-refractivity contribution is 9.10. The fraction of sp³-hybridized carbons (Fsp3) is 0.312. The molecule has 112 valence electrons. The highest BCUT2D eigenvalue weighted by Crippen LogP contribution is 2.16. The second-order valence-corrected chi connectivity index (χ2v) is 5.61. The van der Waals surface area contributed by atoms with Crippen LogP contribution in [0.15, 0.2) is 50.5 Å². The maximum absolute atomic E-state index is 5.31. The SMILES string of the molecule is CCNC(=NCc1ccc(Br)cc1C)NCc1ccco1. The predicted molar refractivity (Wildman–Crippen MR) is 89.2 cm³/mol. The fourth-order valence-corrected chi connectivity index (χ4v) is 2.40. The third-order valence-corrected chi connectivity index (χ3v) is 3.56. The molecule has 0 aliphatic carbocycles. The van der Waals surface area contributed by atoms with Gasteiger partial charge in [0, 0.05) is 11.0 Å². The zero-order valence-electron chi connectivity index (χ0n) is 12.3. The van der Waals surface area contributed by atoms with Gasteiger partial charge < -0.3 is 15.1 Å². The smallest absolute Gasteiger partial charge is 0.191 e. The Morgan fingerprint density at radius 1 is 1.29 bits per heavy atom. The number of rotatable bonds is 5. The van der Waals surface area contributed by atoms with Crippen LogP contribution in [-0.4, -0.2) is 12.5 Å². The van der Waals surface area contributed by atoms with Crippen molar-refractivity contribution in [2.75, 3.05) is 6.54 Å². The molecule has 1 heterocycles. The number of guanidine groups is 1. The largest absolute Gasteiger partial charge is 0.467 e. The molecule has 0 radical (unpaired) electrons. The van der Waals surface area contributed by atoms with Gasteiger partial charge in [-0.3, -0.25) is 0 Å². The number of aliphatic imine (C=N–C) groups is 1. The molecule has 4 nitrogen and oxygen atoms in total. The summed E-state index contributed by atoms with van der Waals surface area (Å²) in [4.78, 5) is 4.61. The number of aryl methyl sites for hydroxylation is 1. The van der Waals surface area contributed by atoms with Crippen molar-refractivity contribution >= 4 is 21.9 Å². The summed E-state index contributed by atoms with van der Waals surface area (Å²) < 4.78 is 6.40. The van der Waals surface area contributed by atoms with Crippen LogP contribution in [0.3, 0.4) is 0 Å². The van der Waals surface area contributed by atoms with E-state index in [1.54, 1.807) is 6.26 Å². The van der Waals surface area contributed by atoms with Crippen LogP contribution in [-0.2, 0) is 13.1 Å². The Balaban J connectivity index is 1.99. The van der Waals surface area contributed by atoms with Crippen LogP contribution in [0.4, 0.5) is 0 Å². The first kappa shape index (κ1) is 15.6. The first-order chi connectivity index (χ1) is 10.2. The molecule has 1 aromatic heterocycles. The number of hydrogen-bond acceptors (Lipinski definition) is 2. The third kappa shape index (κ3) is 4.93. The van der Waals surface area contributed by atoms with Crippen molar-refractivity contribution in [1.29, 1.82) is 0 Å². The molecule has 2 N–H and O–H groups in total. The molecule has 2 aromatic rings. The molecule has 0 aliphatic rings. The van der Waals surface area contributed by atoms with Gasteiger partial charge in [0.2, 0.25) is 0 Å². The summed E-state index contributed by atoms with van der Waals surface area (Å²) in [6.07, 6.45) is 1.67. The molecule has 0 atom stereocenters. The summed E-state index contributed by atoms with van der Waals surface area (Å²) in [6, 6.07) is 10.1. The second-order valence-electron chi connectivity index (χ2n) is 4.70. The van der Waals surface area contributed by atoms with Gasteiger partial charge in [0.05, 0.1) is 19.4 Å². The fourth-order valence-electron chi connectivity index (χ4n) is 1.93. The Bertz CT molecular complexity index is 594. The van der Waals surface area contributed by atoms with Crippen molar-refractivity contribution in [3.05, 3.63) is 58.0 Å². The van der Waals surface area contributed by atoms with Crippen LogP contribution in [0.2, 0.25) is 0 Å². The quantitative estimate of drug-likeness (QED) is 0.640. The van der Waals surface area contributed by atoms with E-state index in [-0.39, 0.29) is 0 Å². The number of nitrogens with one attached hydrogen (secondary N) is 2. The number of hydrogen-bond donors (Lipinski definition) is 2. The molecule has 0 bridgehead atoms. The minimum Gasteiger partial charge on any atom is -0.467 e. The van der Waals surface area contributed by atoms with Crippen molar-refractivity contribution < 1.29 is 4.42 Å². The van der Waals surface area contributed by atoms with E-state index in [9.17, 15) is 0 Å². The Morgan fingerprint density at radius 2 is 2.14 bits per heavy atom. The molecular formula is C16H20BrN3O. The van der Waals surface area contributed by atoms with Gasteiger partial charge in [0.15, 0.2) is 5.96 Å². The van der Waals surface area contributed by atoms with Crippen LogP contribution in [0, 0.1) is 6.92 Å². The molecule has 21 heavy (non-hydrogen) atoms. The van der Waals surface area contributed by atoms with Crippen LogP contribution in [0.25, 0.3) is 0 Å². The summed E-state index contributed by atoms with van der Waals surface area (Å²) in [5, 5.41) is 6.49. The maximum Gasteiger partial charge on any atom is 0.191 e. The first-order valence-electron chi connectivity index (χ1n) is 6.98. The predicted octanol–water partition coefficient (Wildman–Crippen LogP) is 3.61. The highest BCUT2D eigenvalue weighted by Gasteiger charge is 2.02. The van der Waals surface area contributed by atoms with Crippen molar-refractivity contribution in [1.82, 2.24) is 10.6 Å². The summed E-state index contributed by atoms with van der Waals surface area (Å²) in [6.45, 7) is 6.24. The number of benzene rings is 1. The van der Waals surface area contributed by atoms with Gasteiger partial charge in [-0.05, 0) is 49.2 Å². The molecular weight excluding hydrogens is 330 g/mol. The number of nitrogens with zero attached hydrogens (tertiary/aromatic N) is 1. The Morgan fingerprint density at radius 3 is 2.81 bits per heavy atom. The normalized spacial score (nSPS) is 11.5. The molecule has 5 heteroatoms. The van der Waals surface area contributed by atoms with E-state index in [1.807, 2.05) is 18.2 Å². The molecule has 0 aliphatic heterocycles. The topological polar surface area (TPSA) is 49.6 Å². The lowest BCUT2D eigenvalue weighted by Gasteiger charge is -2.11. The van der Waals surface area contributed by atoms with Gasteiger partial charge in [-0.1, -0.05) is 22.0 Å². The third-order valence-electron chi connectivity index (χ3n) is 3.07. The van der Waals surface area contributed by atoms with E-state index in [4.69, 9.17) is 4.42 Å². The van der Waals surface area contributed by atoms with Gasteiger partial charge in [0.1, 0.15) is 5.76 Å². The van der Waals surface area contributed by atoms with Crippen LogP contribution < -0.4 is 10.6 Å². The van der Waals surface area contributed by atoms with Gasteiger partial charge in [0.25, 0.3) is 0 Å². The molecule has 2 rings (SSSR count). The maximum atomic E-state index is 5.31. The van der Waals surface area contributed by atoms with Crippen LogP contribution in [0.5, 0.6) is 0 Å². The van der Waals surface area contributed by atoms with Crippen LogP contribution in [0.1, 0.15) is 23.8 Å². The number of halogens is 1. The molecule has 0 saturated carbocycles. The minimum atomic E-state index is 0.623. The number of furan rings is 1.